The molecule has 0 radical (unpaired) electrons. The maximum absolute atomic E-state index is 9.93. The first kappa shape index (κ1) is 24.0. The van der Waals surface area contributed by atoms with Crippen molar-refractivity contribution in [1.82, 2.24) is 15.5 Å². The van der Waals surface area contributed by atoms with Gasteiger partial charge in [-0.05, 0) is 49.8 Å². The van der Waals surface area contributed by atoms with E-state index in [-0.39, 0.29) is 29.7 Å². The third-order valence-corrected chi connectivity index (χ3v) is 5.48. The van der Waals surface area contributed by atoms with E-state index in [2.05, 4.69) is 27.4 Å². The van der Waals surface area contributed by atoms with Gasteiger partial charge in [-0.25, -0.2) is 4.99 Å². The van der Waals surface area contributed by atoms with E-state index in [0.29, 0.717) is 24.3 Å². The van der Waals surface area contributed by atoms with Crippen molar-refractivity contribution in [2.45, 2.75) is 38.8 Å². The van der Waals surface area contributed by atoms with Gasteiger partial charge >= 0.3 is 0 Å². The third kappa shape index (κ3) is 7.49. The number of methoxy groups -OCH3 is 1. The Kier molecular flexibility index (Phi) is 10.3. The molecule has 2 heterocycles. The zero-order valence-corrected chi connectivity index (χ0v) is 19.9. The third-order valence-electron chi connectivity index (χ3n) is 5.48. The molecule has 0 aromatic heterocycles. The van der Waals surface area contributed by atoms with Gasteiger partial charge in [-0.15, -0.1) is 24.0 Å². The summed E-state index contributed by atoms with van der Waals surface area (Å²) in [4.78, 5) is 7.26. The molecule has 1 atom stereocenters. The summed E-state index contributed by atoms with van der Waals surface area (Å²) in [5.41, 5.74) is 0.948. The monoisotopic (exact) mass is 518 g/mol. The first-order valence-corrected chi connectivity index (χ1v) is 10.4. The summed E-state index contributed by atoms with van der Waals surface area (Å²) in [7, 11) is 1.55. The summed E-state index contributed by atoms with van der Waals surface area (Å²) < 4.78 is 10.6. The van der Waals surface area contributed by atoms with Gasteiger partial charge < -0.3 is 30.1 Å². The van der Waals surface area contributed by atoms with Gasteiger partial charge in [0.15, 0.2) is 17.5 Å². The second-order valence-electron chi connectivity index (χ2n) is 7.65. The number of rotatable bonds is 7. The van der Waals surface area contributed by atoms with Gasteiger partial charge in [-0.2, -0.15) is 0 Å². The van der Waals surface area contributed by atoms with Crippen molar-refractivity contribution in [2.75, 3.05) is 46.5 Å². The zero-order chi connectivity index (χ0) is 19.8. The Hall–Kier alpha value is -1.26. The Bertz CT molecular complexity index is 645. The van der Waals surface area contributed by atoms with E-state index < -0.39 is 0 Å². The number of ether oxygens (including phenoxy) is 2. The topological polar surface area (TPSA) is 78.4 Å². The number of phenols is 1. The number of guanidine groups is 1. The smallest absolute Gasteiger partial charge is 0.191 e. The van der Waals surface area contributed by atoms with Crippen molar-refractivity contribution in [3.8, 4) is 11.5 Å². The van der Waals surface area contributed by atoms with Crippen LogP contribution in [0.5, 0.6) is 11.5 Å². The highest BCUT2D eigenvalue weighted by molar-refractivity contribution is 14.0. The Balaban J connectivity index is 0.00000300. The van der Waals surface area contributed by atoms with Gasteiger partial charge in [0.1, 0.15) is 0 Å². The van der Waals surface area contributed by atoms with E-state index in [1.54, 1.807) is 19.2 Å². The van der Waals surface area contributed by atoms with E-state index in [1.807, 2.05) is 6.07 Å². The largest absolute Gasteiger partial charge is 0.504 e. The summed E-state index contributed by atoms with van der Waals surface area (Å²) in [5, 5.41) is 16.8. The maximum Gasteiger partial charge on any atom is 0.191 e. The van der Waals surface area contributed by atoms with Crippen LogP contribution in [-0.2, 0) is 11.3 Å². The zero-order valence-electron chi connectivity index (χ0n) is 17.5. The summed E-state index contributed by atoms with van der Waals surface area (Å²) in [6, 6.07) is 5.85. The van der Waals surface area contributed by atoms with Crippen molar-refractivity contribution >= 4 is 29.9 Å². The Morgan fingerprint density at radius 2 is 2.10 bits per heavy atom. The number of nitrogens with zero attached hydrogens (tertiary/aromatic N) is 2. The van der Waals surface area contributed by atoms with Crippen LogP contribution in [0.2, 0.25) is 0 Å². The molecule has 3 N–H and O–H groups in total. The number of phenolic OH excluding ortho intramolecular Hbond substituents is 1. The van der Waals surface area contributed by atoms with Gasteiger partial charge in [0.2, 0.25) is 0 Å². The molecule has 1 aromatic carbocycles. The summed E-state index contributed by atoms with van der Waals surface area (Å²) in [5.74, 6) is 2.17. The van der Waals surface area contributed by atoms with Crippen LogP contribution < -0.4 is 15.4 Å². The molecule has 8 heteroatoms. The molecule has 1 unspecified atom stereocenters. The number of hydrogen-bond acceptors (Lipinski definition) is 5. The summed E-state index contributed by atoms with van der Waals surface area (Å²) in [6.45, 7) is 8.67. The number of nitrogens with one attached hydrogen (secondary N) is 2. The fourth-order valence-electron chi connectivity index (χ4n) is 3.87. The van der Waals surface area contributed by atoms with Crippen molar-refractivity contribution < 1.29 is 14.6 Å². The quantitative estimate of drug-likeness (QED) is 0.293. The predicted octanol–water partition coefficient (Wildman–Crippen LogP) is 2.57. The second kappa shape index (κ2) is 12.4. The highest BCUT2D eigenvalue weighted by Crippen LogP contribution is 2.26. The molecule has 164 valence electrons. The molecule has 0 amide bonds. The molecule has 29 heavy (non-hydrogen) atoms. The van der Waals surface area contributed by atoms with Crippen LogP contribution in [0.3, 0.4) is 0 Å². The standard InChI is InChI=1S/C21H34N4O3.HI/c1-3-22-21(23-13-16-4-5-20(27-2)19(26)12-16)24-18-6-9-25(10-7-18)14-17-8-11-28-15-17;/h4-5,12,17-18,26H,3,6-11,13-15H2,1-2H3,(H2,22,23,24);1H. The van der Waals surface area contributed by atoms with E-state index in [0.717, 1.165) is 57.2 Å². The number of aliphatic imine (C=N–C) groups is 1. The fourth-order valence-corrected chi connectivity index (χ4v) is 3.87. The van der Waals surface area contributed by atoms with E-state index >= 15 is 0 Å². The second-order valence-corrected chi connectivity index (χ2v) is 7.65. The van der Waals surface area contributed by atoms with Crippen LogP contribution in [0, 0.1) is 5.92 Å². The molecular weight excluding hydrogens is 483 g/mol. The van der Waals surface area contributed by atoms with E-state index in [4.69, 9.17) is 9.47 Å². The number of likely N-dealkylation sites (tertiary alicyclic amines) is 1. The Morgan fingerprint density at radius 3 is 2.72 bits per heavy atom. The molecule has 2 aliphatic heterocycles. The summed E-state index contributed by atoms with van der Waals surface area (Å²) >= 11 is 0. The molecular formula is C21H35IN4O3. The highest BCUT2D eigenvalue weighted by Gasteiger charge is 2.24. The first-order valence-electron chi connectivity index (χ1n) is 10.4. The minimum absolute atomic E-state index is 0. The average Bonchev–Trinajstić information content (AvgIpc) is 3.21. The van der Waals surface area contributed by atoms with Crippen LogP contribution >= 0.6 is 24.0 Å². The fraction of sp³-hybridized carbons (Fsp3) is 0.667. The minimum atomic E-state index is 0. The van der Waals surface area contributed by atoms with Gasteiger partial charge in [0.05, 0.1) is 20.3 Å². The first-order chi connectivity index (χ1) is 13.7. The number of aromatic hydroxyl groups is 1. The molecule has 3 rings (SSSR count). The molecule has 0 spiro atoms. The summed E-state index contributed by atoms with van der Waals surface area (Å²) in [6.07, 6.45) is 3.46. The molecule has 1 aromatic rings. The predicted molar refractivity (Wildman–Crippen MR) is 126 cm³/mol. The molecule has 7 nitrogen and oxygen atoms in total. The van der Waals surface area contributed by atoms with Crippen LogP contribution in [0.15, 0.2) is 23.2 Å². The minimum Gasteiger partial charge on any atom is -0.504 e. The van der Waals surface area contributed by atoms with Crippen LogP contribution in [0.25, 0.3) is 0 Å². The molecule has 2 saturated heterocycles. The van der Waals surface area contributed by atoms with Crippen molar-refractivity contribution in [3.05, 3.63) is 23.8 Å². The van der Waals surface area contributed by atoms with Crippen molar-refractivity contribution in [3.63, 3.8) is 0 Å². The lowest BCUT2D eigenvalue weighted by molar-refractivity contribution is 0.150. The van der Waals surface area contributed by atoms with E-state index in [9.17, 15) is 5.11 Å². The SMILES string of the molecule is CCNC(=NCc1ccc(OC)c(O)c1)NC1CCN(CC2CCOC2)CC1.I. The highest BCUT2D eigenvalue weighted by atomic mass is 127. The van der Waals surface area contributed by atoms with E-state index in [1.165, 1.54) is 13.0 Å². The molecule has 0 saturated carbocycles. The number of benzene rings is 1. The molecule has 2 aliphatic rings. The lowest BCUT2D eigenvalue weighted by Gasteiger charge is -2.34. The number of hydrogen-bond donors (Lipinski definition) is 3. The lowest BCUT2D eigenvalue weighted by atomic mass is 10.0. The Morgan fingerprint density at radius 1 is 1.31 bits per heavy atom. The molecule has 0 aliphatic carbocycles. The molecule has 2 fully saturated rings. The van der Waals surface area contributed by atoms with Crippen LogP contribution in [0.4, 0.5) is 0 Å². The van der Waals surface area contributed by atoms with Gasteiger partial charge in [-0.3, -0.25) is 0 Å². The molecule has 0 bridgehead atoms. The maximum atomic E-state index is 9.93. The Labute approximate surface area is 191 Å². The number of piperidine rings is 1. The van der Waals surface area contributed by atoms with Crippen molar-refractivity contribution in [1.29, 1.82) is 0 Å². The number of halogens is 1. The van der Waals surface area contributed by atoms with Crippen molar-refractivity contribution in [2.24, 2.45) is 10.9 Å². The normalized spacial score (nSPS) is 20.9. The average molecular weight is 518 g/mol. The lowest BCUT2D eigenvalue weighted by Crippen LogP contribution is -2.49. The van der Waals surface area contributed by atoms with Gasteiger partial charge in [-0.1, -0.05) is 6.07 Å². The van der Waals surface area contributed by atoms with Crippen LogP contribution in [0.1, 0.15) is 31.7 Å². The van der Waals surface area contributed by atoms with Crippen LogP contribution in [-0.4, -0.2) is 68.5 Å². The van der Waals surface area contributed by atoms with Gasteiger partial charge in [0.25, 0.3) is 0 Å². The van der Waals surface area contributed by atoms with Gasteiger partial charge in [0, 0.05) is 38.8 Å².